The zero-order valence-electron chi connectivity index (χ0n) is 11.2. The molecule has 2 rings (SSSR count). The van der Waals surface area contributed by atoms with E-state index in [9.17, 15) is 9.59 Å². The summed E-state index contributed by atoms with van der Waals surface area (Å²) in [5.41, 5.74) is 5.53. The summed E-state index contributed by atoms with van der Waals surface area (Å²) in [4.78, 5) is 24.7. The molecule has 110 valence electrons. The van der Waals surface area contributed by atoms with Crippen molar-refractivity contribution in [1.82, 2.24) is 10.2 Å². The molecule has 1 aromatic heterocycles. The number of rotatable bonds is 6. The van der Waals surface area contributed by atoms with E-state index < -0.39 is 5.97 Å². The lowest BCUT2D eigenvalue weighted by Crippen LogP contribution is -2.45. The largest absolute Gasteiger partial charge is 0.478 e. The molecule has 6 nitrogen and oxygen atoms in total. The maximum Gasteiger partial charge on any atom is 0.336 e. The van der Waals surface area contributed by atoms with Crippen molar-refractivity contribution in [3.8, 4) is 0 Å². The monoisotopic (exact) mass is 297 g/mol. The molecule has 7 heteroatoms. The van der Waals surface area contributed by atoms with Crippen LogP contribution in [0.25, 0.3) is 0 Å². The first kappa shape index (κ1) is 15.0. The molecule has 2 heterocycles. The molecule has 0 saturated carbocycles. The van der Waals surface area contributed by atoms with Gasteiger partial charge in [0.15, 0.2) is 0 Å². The normalized spacial score (nSPS) is 17.2. The molecule has 0 unspecified atom stereocenters. The molecule has 0 atom stereocenters. The van der Waals surface area contributed by atoms with Gasteiger partial charge in [-0.15, -0.1) is 11.3 Å². The number of aromatic carboxylic acids is 1. The van der Waals surface area contributed by atoms with Crippen LogP contribution >= 0.6 is 11.3 Å². The van der Waals surface area contributed by atoms with E-state index in [0.29, 0.717) is 24.7 Å². The molecule has 1 aliphatic heterocycles. The Hall–Kier alpha value is -1.44. The third kappa shape index (κ3) is 4.29. The number of amides is 1. The molecule has 0 aliphatic carbocycles. The van der Waals surface area contributed by atoms with Crippen LogP contribution in [-0.4, -0.2) is 47.6 Å². The van der Waals surface area contributed by atoms with Gasteiger partial charge >= 0.3 is 5.97 Å². The molecule has 0 radical (unpaired) electrons. The Bertz CT molecular complexity index is 481. The van der Waals surface area contributed by atoms with Gasteiger partial charge in [0, 0.05) is 35.9 Å². The number of nitrogens with one attached hydrogen (secondary N) is 1. The molecular weight excluding hydrogens is 278 g/mol. The summed E-state index contributed by atoms with van der Waals surface area (Å²) in [5, 5.41) is 14.0. The molecule has 1 aromatic rings. The van der Waals surface area contributed by atoms with Gasteiger partial charge in [0.2, 0.25) is 5.91 Å². The molecule has 0 spiro atoms. The van der Waals surface area contributed by atoms with Gasteiger partial charge in [-0.3, -0.25) is 9.69 Å². The summed E-state index contributed by atoms with van der Waals surface area (Å²) >= 11 is 1.46. The van der Waals surface area contributed by atoms with E-state index in [1.54, 1.807) is 11.4 Å². The standard InChI is InChI=1S/C13H19N3O3S/c14-12(17)7-16-3-1-10(2-4-16)15-6-11-5-9(8-20-11)13(18)19/h5,8,10,15H,1-4,6-7H2,(H2,14,17)(H,18,19). The Balaban J connectivity index is 1.73. The number of nitrogens with two attached hydrogens (primary N) is 1. The Morgan fingerprint density at radius 1 is 1.45 bits per heavy atom. The molecule has 1 amide bonds. The molecule has 20 heavy (non-hydrogen) atoms. The van der Waals surface area contributed by atoms with Crippen LogP contribution in [0.3, 0.4) is 0 Å². The number of likely N-dealkylation sites (tertiary alicyclic amines) is 1. The van der Waals surface area contributed by atoms with Crippen molar-refractivity contribution in [1.29, 1.82) is 0 Å². The van der Waals surface area contributed by atoms with Crippen LogP contribution in [0, 0.1) is 0 Å². The molecule has 4 N–H and O–H groups in total. The minimum absolute atomic E-state index is 0.281. The summed E-state index contributed by atoms with van der Waals surface area (Å²) in [6.45, 7) is 2.76. The molecule has 1 aliphatic rings. The lowest BCUT2D eigenvalue weighted by molar-refractivity contribution is -0.119. The van der Waals surface area contributed by atoms with E-state index in [-0.39, 0.29) is 5.91 Å². The van der Waals surface area contributed by atoms with Crippen molar-refractivity contribution in [3.63, 3.8) is 0 Å². The van der Waals surface area contributed by atoms with Gasteiger partial charge in [0.05, 0.1) is 12.1 Å². The second kappa shape index (κ2) is 6.83. The fraction of sp³-hybridized carbons (Fsp3) is 0.538. The summed E-state index contributed by atoms with van der Waals surface area (Å²) in [5.74, 6) is -1.16. The summed E-state index contributed by atoms with van der Waals surface area (Å²) in [6.07, 6.45) is 1.95. The van der Waals surface area contributed by atoms with Gasteiger partial charge in [0.25, 0.3) is 0 Å². The Kier molecular flexibility index (Phi) is 5.11. The van der Waals surface area contributed by atoms with E-state index >= 15 is 0 Å². The molecule has 0 bridgehead atoms. The zero-order chi connectivity index (χ0) is 14.5. The predicted molar refractivity (Wildman–Crippen MR) is 76.8 cm³/mol. The van der Waals surface area contributed by atoms with Crippen LogP contribution in [0.1, 0.15) is 28.1 Å². The van der Waals surface area contributed by atoms with Crippen LogP contribution in [0.5, 0.6) is 0 Å². The first-order valence-corrected chi connectivity index (χ1v) is 7.47. The second-order valence-electron chi connectivity index (χ2n) is 5.00. The van der Waals surface area contributed by atoms with Crippen molar-refractivity contribution in [2.24, 2.45) is 5.73 Å². The number of piperidine rings is 1. The average molecular weight is 297 g/mol. The van der Waals surface area contributed by atoms with Crippen LogP contribution < -0.4 is 11.1 Å². The Morgan fingerprint density at radius 2 is 2.15 bits per heavy atom. The van der Waals surface area contributed by atoms with Crippen LogP contribution in [-0.2, 0) is 11.3 Å². The molecule has 0 aromatic carbocycles. The third-order valence-electron chi connectivity index (χ3n) is 3.43. The Labute approximate surface area is 121 Å². The topological polar surface area (TPSA) is 95.7 Å². The zero-order valence-corrected chi connectivity index (χ0v) is 12.0. The lowest BCUT2D eigenvalue weighted by Gasteiger charge is -2.31. The highest BCUT2D eigenvalue weighted by Crippen LogP contribution is 2.16. The minimum atomic E-state index is -0.882. The van der Waals surface area contributed by atoms with Crippen LogP contribution in [0.15, 0.2) is 11.4 Å². The van der Waals surface area contributed by atoms with Crippen LogP contribution in [0.4, 0.5) is 0 Å². The van der Waals surface area contributed by atoms with E-state index in [1.165, 1.54) is 11.3 Å². The van der Waals surface area contributed by atoms with Crippen molar-refractivity contribution >= 4 is 23.2 Å². The van der Waals surface area contributed by atoms with Crippen molar-refractivity contribution in [2.75, 3.05) is 19.6 Å². The number of primary amides is 1. The number of hydrogen-bond acceptors (Lipinski definition) is 5. The van der Waals surface area contributed by atoms with Gasteiger partial charge in [-0.25, -0.2) is 4.79 Å². The second-order valence-corrected chi connectivity index (χ2v) is 6.00. The number of carboxylic acids is 1. The number of carbonyl (C=O) groups is 2. The lowest BCUT2D eigenvalue weighted by atomic mass is 10.1. The van der Waals surface area contributed by atoms with E-state index in [4.69, 9.17) is 10.8 Å². The molecular formula is C13H19N3O3S. The van der Waals surface area contributed by atoms with E-state index in [1.807, 2.05) is 0 Å². The van der Waals surface area contributed by atoms with Gasteiger partial charge in [-0.2, -0.15) is 0 Å². The highest BCUT2D eigenvalue weighted by molar-refractivity contribution is 7.10. The fourth-order valence-corrected chi connectivity index (χ4v) is 3.15. The summed E-state index contributed by atoms with van der Waals surface area (Å²) < 4.78 is 0. The van der Waals surface area contributed by atoms with E-state index in [0.717, 1.165) is 30.8 Å². The minimum Gasteiger partial charge on any atom is -0.478 e. The van der Waals surface area contributed by atoms with Gasteiger partial charge in [-0.1, -0.05) is 0 Å². The SMILES string of the molecule is NC(=O)CN1CCC(NCc2cc(C(=O)O)cs2)CC1. The van der Waals surface area contributed by atoms with Gasteiger partial charge in [-0.05, 0) is 18.9 Å². The van der Waals surface area contributed by atoms with Crippen molar-refractivity contribution in [2.45, 2.75) is 25.4 Å². The van der Waals surface area contributed by atoms with Crippen LogP contribution in [0.2, 0.25) is 0 Å². The number of thiophene rings is 1. The maximum absolute atomic E-state index is 10.8. The summed E-state index contributed by atoms with van der Waals surface area (Å²) in [6, 6.07) is 2.12. The van der Waals surface area contributed by atoms with E-state index in [2.05, 4.69) is 10.2 Å². The number of nitrogens with zero attached hydrogens (tertiary/aromatic N) is 1. The highest BCUT2D eigenvalue weighted by Gasteiger charge is 2.19. The van der Waals surface area contributed by atoms with Crippen molar-refractivity contribution in [3.05, 3.63) is 21.9 Å². The summed E-state index contributed by atoms with van der Waals surface area (Å²) in [7, 11) is 0. The maximum atomic E-state index is 10.8. The smallest absolute Gasteiger partial charge is 0.336 e. The number of carbonyl (C=O) groups excluding carboxylic acids is 1. The van der Waals surface area contributed by atoms with Gasteiger partial charge < -0.3 is 16.2 Å². The highest BCUT2D eigenvalue weighted by atomic mass is 32.1. The average Bonchev–Trinajstić information content (AvgIpc) is 2.86. The predicted octanol–water partition coefficient (Wildman–Crippen LogP) is 0.486. The van der Waals surface area contributed by atoms with Gasteiger partial charge in [0.1, 0.15) is 0 Å². The first-order chi connectivity index (χ1) is 9.54. The van der Waals surface area contributed by atoms with Crippen molar-refractivity contribution < 1.29 is 14.7 Å². The third-order valence-corrected chi connectivity index (χ3v) is 4.37. The molecule has 1 saturated heterocycles. The quantitative estimate of drug-likeness (QED) is 0.710. The Morgan fingerprint density at radius 3 is 2.70 bits per heavy atom. The first-order valence-electron chi connectivity index (χ1n) is 6.59. The fourth-order valence-electron chi connectivity index (χ4n) is 2.35. The number of hydrogen-bond donors (Lipinski definition) is 3. The number of carboxylic acid groups (broad SMARTS) is 1. The molecule has 1 fully saturated rings.